The Labute approximate surface area is 123 Å². The molecule has 0 saturated heterocycles. The van der Waals surface area contributed by atoms with Crippen LogP contribution < -0.4 is 11.5 Å². The molecule has 0 spiro atoms. The lowest BCUT2D eigenvalue weighted by Crippen LogP contribution is -2.38. The standard InChI is InChI=1S/C16H18N2OS/c17-14(16(18)19)11-20-15(12-7-3-1-4-8-12)13-9-5-2-6-10-13/h1-10,14-15H,11,17H2,(H2,18,19)/t14-/m0/s1. The second-order valence-corrected chi connectivity index (χ2v) is 5.68. The van der Waals surface area contributed by atoms with E-state index in [0.717, 1.165) is 0 Å². The van der Waals surface area contributed by atoms with Gasteiger partial charge in [-0.2, -0.15) is 0 Å². The van der Waals surface area contributed by atoms with Crippen molar-refractivity contribution in [3.63, 3.8) is 0 Å². The maximum absolute atomic E-state index is 11.1. The van der Waals surface area contributed by atoms with Gasteiger partial charge in [-0.1, -0.05) is 60.7 Å². The number of rotatable bonds is 6. The molecule has 1 atom stereocenters. The van der Waals surface area contributed by atoms with Crippen LogP contribution in [0.15, 0.2) is 60.7 Å². The molecule has 0 aliphatic carbocycles. The molecule has 4 heteroatoms. The van der Waals surface area contributed by atoms with Gasteiger partial charge in [0.05, 0.1) is 11.3 Å². The maximum atomic E-state index is 11.1. The van der Waals surface area contributed by atoms with Crippen LogP contribution in [0.5, 0.6) is 0 Å². The molecule has 104 valence electrons. The van der Waals surface area contributed by atoms with Crippen LogP contribution in [-0.2, 0) is 4.79 Å². The summed E-state index contributed by atoms with van der Waals surface area (Å²) in [5.74, 6) is 0.0430. The summed E-state index contributed by atoms with van der Waals surface area (Å²) in [7, 11) is 0. The molecule has 3 nitrogen and oxygen atoms in total. The lowest BCUT2D eigenvalue weighted by Gasteiger charge is -2.19. The average Bonchev–Trinajstić information content (AvgIpc) is 2.49. The van der Waals surface area contributed by atoms with E-state index in [1.165, 1.54) is 11.1 Å². The minimum atomic E-state index is -0.616. The third kappa shape index (κ3) is 3.85. The van der Waals surface area contributed by atoms with Gasteiger partial charge in [-0.25, -0.2) is 0 Å². The molecule has 0 heterocycles. The fourth-order valence-electron chi connectivity index (χ4n) is 1.92. The first kappa shape index (κ1) is 14.6. The average molecular weight is 286 g/mol. The second-order valence-electron chi connectivity index (χ2n) is 4.54. The Bertz CT molecular complexity index is 505. The number of carbonyl (C=O) groups is 1. The van der Waals surface area contributed by atoms with E-state index < -0.39 is 11.9 Å². The van der Waals surface area contributed by atoms with Crippen LogP contribution in [-0.4, -0.2) is 17.7 Å². The molecule has 0 unspecified atom stereocenters. The Morgan fingerprint density at radius 2 is 1.40 bits per heavy atom. The highest BCUT2D eigenvalue weighted by atomic mass is 32.2. The van der Waals surface area contributed by atoms with Crippen molar-refractivity contribution in [2.24, 2.45) is 11.5 Å². The Morgan fingerprint density at radius 1 is 0.950 bits per heavy atom. The quantitative estimate of drug-likeness (QED) is 0.856. The summed E-state index contributed by atoms with van der Waals surface area (Å²) >= 11 is 1.64. The van der Waals surface area contributed by atoms with E-state index in [1.807, 2.05) is 36.4 Å². The number of thioether (sulfide) groups is 1. The topological polar surface area (TPSA) is 69.1 Å². The van der Waals surface area contributed by atoms with E-state index in [9.17, 15) is 4.79 Å². The van der Waals surface area contributed by atoms with Gasteiger partial charge in [0.1, 0.15) is 0 Å². The van der Waals surface area contributed by atoms with E-state index >= 15 is 0 Å². The third-order valence-corrected chi connectivity index (χ3v) is 4.44. The van der Waals surface area contributed by atoms with Crippen molar-refractivity contribution in [1.29, 1.82) is 0 Å². The largest absolute Gasteiger partial charge is 0.368 e. The molecular formula is C16H18N2OS. The van der Waals surface area contributed by atoms with Crippen LogP contribution in [0.2, 0.25) is 0 Å². The third-order valence-electron chi connectivity index (χ3n) is 3.01. The zero-order valence-electron chi connectivity index (χ0n) is 11.1. The van der Waals surface area contributed by atoms with Crippen LogP contribution in [0.25, 0.3) is 0 Å². The van der Waals surface area contributed by atoms with Crippen LogP contribution >= 0.6 is 11.8 Å². The van der Waals surface area contributed by atoms with Crippen molar-refractivity contribution in [2.75, 3.05) is 5.75 Å². The molecule has 0 aliphatic heterocycles. The number of benzene rings is 2. The first-order chi connectivity index (χ1) is 9.68. The van der Waals surface area contributed by atoms with Crippen LogP contribution in [0.1, 0.15) is 16.4 Å². The van der Waals surface area contributed by atoms with Crippen molar-refractivity contribution in [3.8, 4) is 0 Å². The smallest absolute Gasteiger partial charge is 0.235 e. The van der Waals surface area contributed by atoms with Gasteiger partial charge in [-0.3, -0.25) is 4.79 Å². The van der Waals surface area contributed by atoms with Gasteiger partial charge in [0, 0.05) is 5.75 Å². The molecule has 0 bridgehead atoms. The molecule has 0 aromatic heterocycles. The minimum absolute atomic E-state index is 0.155. The molecule has 0 fully saturated rings. The van der Waals surface area contributed by atoms with Crippen molar-refractivity contribution in [2.45, 2.75) is 11.3 Å². The Hall–Kier alpha value is -1.78. The number of nitrogens with two attached hydrogens (primary N) is 2. The Kier molecular flexibility index (Phi) is 5.21. The number of hydrogen-bond acceptors (Lipinski definition) is 3. The van der Waals surface area contributed by atoms with E-state index in [-0.39, 0.29) is 5.25 Å². The predicted molar refractivity (Wildman–Crippen MR) is 84.4 cm³/mol. The summed E-state index contributed by atoms with van der Waals surface area (Å²) in [6.45, 7) is 0. The monoisotopic (exact) mass is 286 g/mol. The molecule has 1 amide bonds. The normalized spacial score (nSPS) is 12.3. The molecule has 2 aromatic rings. The van der Waals surface area contributed by atoms with Crippen molar-refractivity contribution >= 4 is 17.7 Å². The van der Waals surface area contributed by atoms with E-state index in [4.69, 9.17) is 11.5 Å². The molecule has 20 heavy (non-hydrogen) atoms. The molecule has 0 radical (unpaired) electrons. The maximum Gasteiger partial charge on any atom is 0.235 e. The summed E-state index contributed by atoms with van der Waals surface area (Å²) < 4.78 is 0. The number of amides is 1. The van der Waals surface area contributed by atoms with Gasteiger partial charge < -0.3 is 11.5 Å². The minimum Gasteiger partial charge on any atom is -0.368 e. The molecule has 2 aromatic carbocycles. The van der Waals surface area contributed by atoms with Gasteiger partial charge >= 0.3 is 0 Å². The first-order valence-electron chi connectivity index (χ1n) is 6.45. The molecular weight excluding hydrogens is 268 g/mol. The van der Waals surface area contributed by atoms with Crippen LogP contribution in [0.4, 0.5) is 0 Å². The molecule has 4 N–H and O–H groups in total. The fourth-order valence-corrected chi connectivity index (χ4v) is 3.19. The Balaban J connectivity index is 2.19. The summed E-state index contributed by atoms with van der Waals surface area (Å²) in [4.78, 5) is 11.1. The van der Waals surface area contributed by atoms with Gasteiger partial charge in [-0.15, -0.1) is 11.8 Å². The Morgan fingerprint density at radius 3 is 1.80 bits per heavy atom. The fraction of sp³-hybridized carbons (Fsp3) is 0.188. The number of primary amides is 1. The summed E-state index contributed by atoms with van der Waals surface area (Å²) in [6.07, 6.45) is 0. The molecule has 0 saturated carbocycles. The highest BCUT2D eigenvalue weighted by molar-refractivity contribution is 7.99. The van der Waals surface area contributed by atoms with E-state index in [1.54, 1.807) is 11.8 Å². The first-order valence-corrected chi connectivity index (χ1v) is 7.49. The zero-order valence-corrected chi connectivity index (χ0v) is 11.9. The van der Waals surface area contributed by atoms with Crippen molar-refractivity contribution in [3.05, 3.63) is 71.8 Å². The van der Waals surface area contributed by atoms with E-state index in [2.05, 4.69) is 24.3 Å². The lowest BCUT2D eigenvalue weighted by molar-refractivity contribution is -0.118. The van der Waals surface area contributed by atoms with Gasteiger partial charge in [0.15, 0.2) is 0 Å². The zero-order chi connectivity index (χ0) is 14.4. The summed E-state index contributed by atoms with van der Waals surface area (Å²) in [5, 5.41) is 0.155. The SMILES string of the molecule is NC(=O)[C@@H](N)CSC(c1ccccc1)c1ccccc1. The predicted octanol–water partition coefficient (Wildman–Crippen LogP) is 2.32. The number of carbonyl (C=O) groups excluding carboxylic acids is 1. The number of hydrogen-bond donors (Lipinski definition) is 2. The van der Waals surface area contributed by atoms with Crippen molar-refractivity contribution in [1.82, 2.24) is 0 Å². The molecule has 2 rings (SSSR count). The highest BCUT2D eigenvalue weighted by Crippen LogP contribution is 2.35. The van der Waals surface area contributed by atoms with Gasteiger partial charge in [0.2, 0.25) is 5.91 Å². The van der Waals surface area contributed by atoms with Crippen LogP contribution in [0.3, 0.4) is 0 Å². The summed E-state index contributed by atoms with van der Waals surface area (Å²) in [5.41, 5.74) is 13.3. The van der Waals surface area contributed by atoms with Gasteiger partial charge in [0.25, 0.3) is 0 Å². The van der Waals surface area contributed by atoms with Gasteiger partial charge in [-0.05, 0) is 11.1 Å². The molecule has 0 aliphatic rings. The summed E-state index contributed by atoms with van der Waals surface area (Å²) in [6, 6.07) is 19.8. The highest BCUT2D eigenvalue weighted by Gasteiger charge is 2.17. The second kappa shape index (κ2) is 7.12. The van der Waals surface area contributed by atoms with Crippen molar-refractivity contribution < 1.29 is 4.79 Å². The lowest BCUT2D eigenvalue weighted by atomic mass is 10.0. The van der Waals surface area contributed by atoms with Crippen LogP contribution in [0, 0.1) is 0 Å². The van der Waals surface area contributed by atoms with E-state index in [0.29, 0.717) is 5.75 Å².